The third-order valence-electron chi connectivity index (χ3n) is 2.53. The maximum atomic E-state index is 4.96. The number of methoxy groups -OCH3 is 1. The molecule has 0 fully saturated rings. The number of ether oxygens (including phenoxy) is 1. The van der Waals surface area contributed by atoms with E-state index < -0.39 is 0 Å². The van der Waals surface area contributed by atoms with Crippen molar-refractivity contribution in [1.82, 2.24) is 20.4 Å². The van der Waals surface area contributed by atoms with Crippen LogP contribution in [-0.4, -0.2) is 55.5 Å². The Kier molecular flexibility index (Phi) is 6.07. The molecule has 5 heteroatoms. The molecule has 0 spiro atoms. The summed E-state index contributed by atoms with van der Waals surface area (Å²) in [6, 6.07) is 0. The molecule has 1 aromatic heterocycles. The van der Waals surface area contributed by atoms with E-state index in [1.807, 2.05) is 13.1 Å². The summed E-state index contributed by atoms with van der Waals surface area (Å²) in [6.07, 6.45) is 1.89. The second kappa shape index (κ2) is 7.38. The van der Waals surface area contributed by atoms with Crippen molar-refractivity contribution in [3.05, 3.63) is 17.5 Å². The van der Waals surface area contributed by atoms with Crippen LogP contribution in [0.25, 0.3) is 0 Å². The van der Waals surface area contributed by atoms with Gasteiger partial charge in [0, 0.05) is 44.5 Å². The highest BCUT2D eigenvalue weighted by Crippen LogP contribution is 2.04. The number of rotatable bonds is 8. The van der Waals surface area contributed by atoms with E-state index in [9.17, 15) is 0 Å². The van der Waals surface area contributed by atoms with Gasteiger partial charge in [-0.25, -0.2) is 0 Å². The first-order valence-corrected chi connectivity index (χ1v) is 5.61. The lowest BCUT2D eigenvalue weighted by molar-refractivity contribution is 0.197. The second-order valence-electron chi connectivity index (χ2n) is 4.00. The molecule has 0 aliphatic heterocycles. The Morgan fingerprint density at radius 3 is 2.94 bits per heavy atom. The van der Waals surface area contributed by atoms with Crippen molar-refractivity contribution in [2.45, 2.75) is 13.5 Å². The number of H-pyrrole nitrogens is 1. The van der Waals surface area contributed by atoms with Crippen LogP contribution in [0.1, 0.15) is 11.3 Å². The van der Waals surface area contributed by atoms with Crippen molar-refractivity contribution in [3.63, 3.8) is 0 Å². The lowest BCUT2D eigenvalue weighted by Crippen LogP contribution is -2.30. The molecule has 92 valence electrons. The molecule has 0 aliphatic carbocycles. The van der Waals surface area contributed by atoms with Gasteiger partial charge in [0.05, 0.1) is 12.8 Å². The van der Waals surface area contributed by atoms with Gasteiger partial charge in [0.25, 0.3) is 0 Å². The minimum absolute atomic E-state index is 0.768. The number of nitrogens with one attached hydrogen (secondary N) is 2. The average molecular weight is 226 g/mol. The van der Waals surface area contributed by atoms with Crippen LogP contribution < -0.4 is 5.32 Å². The number of aryl methyl sites for hydroxylation is 1. The van der Waals surface area contributed by atoms with Crippen LogP contribution in [0.4, 0.5) is 0 Å². The second-order valence-corrected chi connectivity index (χ2v) is 4.00. The van der Waals surface area contributed by atoms with E-state index in [1.54, 1.807) is 7.11 Å². The Bertz CT molecular complexity index is 287. The molecule has 0 amide bonds. The van der Waals surface area contributed by atoms with Crippen molar-refractivity contribution < 1.29 is 4.74 Å². The van der Waals surface area contributed by atoms with E-state index in [-0.39, 0.29) is 0 Å². The highest BCUT2D eigenvalue weighted by Gasteiger charge is 2.03. The summed E-state index contributed by atoms with van der Waals surface area (Å²) < 4.78 is 4.96. The molecular weight excluding hydrogens is 204 g/mol. The zero-order valence-corrected chi connectivity index (χ0v) is 10.4. The van der Waals surface area contributed by atoms with Gasteiger partial charge < -0.3 is 15.0 Å². The summed E-state index contributed by atoms with van der Waals surface area (Å²) in [5.41, 5.74) is 2.42. The normalized spacial score (nSPS) is 11.2. The van der Waals surface area contributed by atoms with Gasteiger partial charge in [-0.05, 0) is 14.0 Å². The number of aromatic amines is 1. The summed E-state index contributed by atoms with van der Waals surface area (Å²) in [4.78, 5) is 2.28. The first-order valence-electron chi connectivity index (χ1n) is 5.61. The van der Waals surface area contributed by atoms with Gasteiger partial charge >= 0.3 is 0 Å². The Labute approximate surface area is 97.2 Å². The van der Waals surface area contributed by atoms with Gasteiger partial charge in [-0.3, -0.25) is 5.10 Å². The van der Waals surface area contributed by atoms with Gasteiger partial charge in [-0.1, -0.05) is 0 Å². The molecule has 16 heavy (non-hydrogen) atoms. The lowest BCUT2D eigenvalue weighted by Gasteiger charge is -2.16. The largest absolute Gasteiger partial charge is 0.383 e. The first kappa shape index (κ1) is 13.2. The third kappa shape index (κ3) is 4.74. The average Bonchev–Trinajstić information content (AvgIpc) is 2.64. The van der Waals surface area contributed by atoms with E-state index in [1.165, 1.54) is 5.56 Å². The van der Waals surface area contributed by atoms with Crippen LogP contribution in [0.15, 0.2) is 6.20 Å². The first-order chi connectivity index (χ1) is 7.74. The van der Waals surface area contributed by atoms with E-state index in [4.69, 9.17) is 4.74 Å². The molecule has 1 rings (SSSR count). The topological polar surface area (TPSA) is 53.2 Å². The van der Waals surface area contributed by atoms with Crippen LogP contribution in [0, 0.1) is 6.92 Å². The molecule has 0 atom stereocenters. The molecule has 5 nitrogen and oxygen atoms in total. The van der Waals surface area contributed by atoms with E-state index in [0.717, 1.165) is 38.5 Å². The van der Waals surface area contributed by atoms with Gasteiger partial charge in [-0.15, -0.1) is 0 Å². The van der Waals surface area contributed by atoms with Gasteiger partial charge in [-0.2, -0.15) is 5.10 Å². The smallest absolute Gasteiger partial charge is 0.0587 e. The molecular formula is C11H22N4O. The minimum Gasteiger partial charge on any atom is -0.383 e. The Morgan fingerprint density at radius 1 is 1.50 bits per heavy atom. The monoisotopic (exact) mass is 226 g/mol. The predicted octanol–water partition coefficient (Wildman–Crippen LogP) is 0.386. The van der Waals surface area contributed by atoms with Crippen molar-refractivity contribution in [2.75, 3.05) is 40.4 Å². The zero-order chi connectivity index (χ0) is 11.8. The maximum absolute atomic E-state index is 4.96. The lowest BCUT2D eigenvalue weighted by atomic mass is 10.2. The Hall–Kier alpha value is -0.910. The summed E-state index contributed by atoms with van der Waals surface area (Å²) in [5, 5.41) is 10.3. The molecule has 0 unspecified atom stereocenters. The highest BCUT2D eigenvalue weighted by molar-refractivity contribution is 5.13. The van der Waals surface area contributed by atoms with Gasteiger partial charge in [0.1, 0.15) is 0 Å². The Morgan fingerprint density at radius 2 is 2.31 bits per heavy atom. The molecule has 0 aromatic carbocycles. The number of likely N-dealkylation sites (N-methyl/N-ethyl adjacent to an activating group) is 1. The van der Waals surface area contributed by atoms with Crippen LogP contribution in [-0.2, 0) is 11.3 Å². The highest BCUT2D eigenvalue weighted by atomic mass is 16.5. The fourth-order valence-electron chi connectivity index (χ4n) is 1.47. The van der Waals surface area contributed by atoms with Gasteiger partial charge in [0.15, 0.2) is 0 Å². The third-order valence-corrected chi connectivity index (χ3v) is 2.53. The van der Waals surface area contributed by atoms with Crippen LogP contribution in [0.5, 0.6) is 0 Å². The molecule has 0 bridgehead atoms. The predicted molar refractivity (Wildman–Crippen MR) is 64.4 cm³/mol. The number of hydrogen-bond donors (Lipinski definition) is 2. The molecule has 0 saturated heterocycles. The number of nitrogens with zero attached hydrogens (tertiary/aromatic N) is 2. The van der Waals surface area contributed by atoms with Crippen molar-refractivity contribution in [1.29, 1.82) is 0 Å². The van der Waals surface area contributed by atoms with Crippen LogP contribution in [0.3, 0.4) is 0 Å². The van der Waals surface area contributed by atoms with Crippen LogP contribution >= 0.6 is 0 Å². The maximum Gasteiger partial charge on any atom is 0.0587 e. The van der Waals surface area contributed by atoms with Crippen molar-refractivity contribution in [2.24, 2.45) is 0 Å². The molecule has 0 saturated carbocycles. The molecule has 1 heterocycles. The summed E-state index contributed by atoms with van der Waals surface area (Å²) in [7, 11) is 3.83. The molecule has 0 radical (unpaired) electrons. The summed E-state index contributed by atoms with van der Waals surface area (Å²) in [6.45, 7) is 6.67. The summed E-state index contributed by atoms with van der Waals surface area (Å²) >= 11 is 0. The fraction of sp³-hybridized carbons (Fsp3) is 0.727. The standard InChI is InChI=1S/C11H22N4O/c1-10-11(8-13-14-10)9-15(2)6-4-12-5-7-16-3/h8,12H,4-7,9H2,1-3H3,(H,13,14). The molecule has 0 aliphatic rings. The SMILES string of the molecule is COCCNCCN(C)Cc1cn[nH]c1C. The molecule has 1 aromatic rings. The van der Waals surface area contributed by atoms with Gasteiger partial charge in [0.2, 0.25) is 0 Å². The fourth-order valence-corrected chi connectivity index (χ4v) is 1.47. The minimum atomic E-state index is 0.768. The van der Waals surface area contributed by atoms with E-state index in [0.29, 0.717) is 0 Å². The number of hydrogen-bond acceptors (Lipinski definition) is 4. The Balaban J connectivity index is 2.11. The van der Waals surface area contributed by atoms with E-state index in [2.05, 4.69) is 27.5 Å². The zero-order valence-electron chi connectivity index (χ0n) is 10.4. The summed E-state index contributed by atoms with van der Waals surface area (Å²) in [5.74, 6) is 0. The van der Waals surface area contributed by atoms with Crippen LogP contribution in [0.2, 0.25) is 0 Å². The van der Waals surface area contributed by atoms with E-state index >= 15 is 0 Å². The van der Waals surface area contributed by atoms with Crippen molar-refractivity contribution in [3.8, 4) is 0 Å². The molecule has 2 N–H and O–H groups in total. The van der Waals surface area contributed by atoms with Crippen molar-refractivity contribution >= 4 is 0 Å². The number of aromatic nitrogens is 2. The quantitative estimate of drug-likeness (QED) is 0.630.